The molecular weight excluding hydrogens is 444 g/mol. The fraction of sp³-hybridized carbons (Fsp3) is 0.292. The predicted octanol–water partition coefficient (Wildman–Crippen LogP) is 4.27. The van der Waals surface area contributed by atoms with Crippen LogP contribution in [0.25, 0.3) is 11.3 Å². The van der Waals surface area contributed by atoms with Gasteiger partial charge in [0.15, 0.2) is 34.7 Å². The van der Waals surface area contributed by atoms with E-state index in [2.05, 4.69) is 11.1 Å². The lowest BCUT2D eigenvalue weighted by atomic mass is 9.99. The molecule has 0 aliphatic rings. The summed E-state index contributed by atoms with van der Waals surface area (Å²) in [6.45, 7) is 0. The summed E-state index contributed by atoms with van der Waals surface area (Å²) < 4.78 is 26.6. The standard InChI is InChI=1S/C24H24N2O6S/c1-28-19-7-6-15(11-20(19)29-2)17-13-33-24(26-17)16(12-25)18(27)8-14-9-21(30-3)23(32-5)22(10-14)31-4/h6-7,9-11,13,16H,8H2,1-5H3/t16-/m0/s1. The maximum atomic E-state index is 13.0. The summed E-state index contributed by atoms with van der Waals surface area (Å²) in [7, 11) is 7.64. The van der Waals surface area contributed by atoms with Gasteiger partial charge in [-0.15, -0.1) is 11.3 Å². The van der Waals surface area contributed by atoms with Crippen molar-refractivity contribution in [2.24, 2.45) is 0 Å². The highest BCUT2D eigenvalue weighted by atomic mass is 32.1. The smallest absolute Gasteiger partial charge is 0.203 e. The Bertz CT molecular complexity index is 1160. The lowest BCUT2D eigenvalue weighted by Gasteiger charge is -2.14. The van der Waals surface area contributed by atoms with Crippen molar-refractivity contribution in [3.05, 3.63) is 46.3 Å². The molecule has 9 heteroatoms. The van der Waals surface area contributed by atoms with Crippen molar-refractivity contribution in [3.63, 3.8) is 0 Å². The Kier molecular flexibility index (Phi) is 7.74. The van der Waals surface area contributed by atoms with Crippen molar-refractivity contribution in [2.45, 2.75) is 12.3 Å². The molecule has 0 radical (unpaired) electrons. The first kappa shape index (κ1) is 23.9. The van der Waals surface area contributed by atoms with Crippen LogP contribution in [0.2, 0.25) is 0 Å². The molecule has 0 amide bonds. The summed E-state index contributed by atoms with van der Waals surface area (Å²) in [5.74, 6) is 1.22. The number of methoxy groups -OCH3 is 5. The number of hydrogen-bond acceptors (Lipinski definition) is 9. The molecule has 0 bridgehead atoms. The van der Waals surface area contributed by atoms with E-state index in [-0.39, 0.29) is 12.2 Å². The summed E-state index contributed by atoms with van der Waals surface area (Å²) in [5.41, 5.74) is 2.09. The zero-order valence-corrected chi connectivity index (χ0v) is 19.8. The molecule has 0 aliphatic heterocycles. The van der Waals surface area contributed by atoms with Crippen LogP contribution in [0.15, 0.2) is 35.7 Å². The van der Waals surface area contributed by atoms with Crippen molar-refractivity contribution in [1.29, 1.82) is 5.26 Å². The van der Waals surface area contributed by atoms with Gasteiger partial charge in [0.25, 0.3) is 0 Å². The van der Waals surface area contributed by atoms with Crippen molar-refractivity contribution in [3.8, 4) is 46.1 Å². The third-order valence-electron chi connectivity index (χ3n) is 5.00. The third-order valence-corrected chi connectivity index (χ3v) is 5.91. The molecule has 1 heterocycles. The first-order valence-corrected chi connectivity index (χ1v) is 10.8. The van der Waals surface area contributed by atoms with Gasteiger partial charge in [0.1, 0.15) is 5.01 Å². The van der Waals surface area contributed by atoms with E-state index in [9.17, 15) is 10.1 Å². The van der Waals surface area contributed by atoms with Crippen LogP contribution in [0.5, 0.6) is 28.7 Å². The average Bonchev–Trinajstić information content (AvgIpc) is 3.33. The third kappa shape index (κ3) is 5.02. The summed E-state index contributed by atoms with van der Waals surface area (Å²) in [4.78, 5) is 17.6. The largest absolute Gasteiger partial charge is 0.493 e. The Hall–Kier alpha value is -3.77. The first-order chi connectivity index (χ1) is 16.0. The fourth-order valence-corrected chi connectivity index (χ4v) is 4.25. The van der Waals surface area contributed by atoms with Crippen LogP contribution < -0.4 is 23.7 Å². The van der Waals surface area contributed by atoms with E-state index in [0.29, 0.717) is 45.0 Å². The highest BCUT2D eigenvalue weighted by Gasteiger charge is 2.25. The van der Waals surface area contributed by atoms with Crippen LogP contribution >= 0.6 is 11.3 Å². The SMILES string of the molecule is COc1ccc(-c2csc([C@@H](C#N)C(=O)Cc3cc(OC)c(OC)c(OC)c3)n2)cc1OC. The maximum absolute atomic E-state index is 13.0. The molecule has 3 rings (SSSR count). The molecule has 2 aromatic carbocycles. The molecule has 0 unspecified atom stereocenters. The Morgan fingerprint density at radius 2 is 1.58 bits per heavy atom. The number of carbonyl (C=O) groups is 1. The van der Waals surface area contributed by atoms with Gasteiger partial charge in [-0.1, -0.05) is 0 Å². The second-order valence-electron chi connectivity index (χ2n) is 6.88. The van der Waals surface area contributed by atoms with Crippen LogP contribution in [0.4, 0.5) is 0 Å². The number of aromatic nitrogens is 1. The van der Waals surface area contributed by atoms with Gasteiger partial charge >= 0.3 is 0 Å². The zero-order valence-electron chi connectivity index (χ0n) is 19.0. The Balaban J connectivity index is 1.85. The van der Waals surface area contributed by atoms with E-state index in [0.717, 1.165) is 5.56 Å². The number of ether oxygens (including phenoxy) is 5. The number of carbonyl (C=O) groups excluding carboxylic acids is 1. The highest BCUT2D eigenvalue weighted by molar-refractivity contribution is 7.10. The van der Waals surface area contributed by atoms with Gasteiger partial charge in [-0.05, 0) is 35.9 Å². The predicted molar refractivity (Wildman–Crippen MR) is 124 cm³/mol. The molecule has 0 fully saturated rings. The second kappa shape index (κ2) is 10.7. The molecule has 0 saturated carbocycles. The van der Waals surface area contributed by atoms with E-state index >= 15 is 0 Å². The lowest BCUT2D eigenvalue weighted by Crippen LogP contribution is -2.13. The van der Waals surface area contributed by atoms with Gasteiger partial charge in [-0.3, -0.25) is 4.79 Å². The number of rotatable bonds is 10. The quantitative estimate of drug-likeness (QED) is 0.435. The number of Topliss-reactive ketones (excluding diaryl/α,β-unsaturated/α-hetero) is 1. The van der Waals surface area contributed by atoms with E-state index in [1.807, 2.05) is 11.4 Å². The molecule has 8 nitrogen and oxygen atoms in total. The molecule has 1 atom stereocenters. The van der Waals surface area contributed by atoms with Crippen LogP contribution in [-0.4, -0.2) is 46.3 Å². The van der Waals surface area contributed by atoms with E-state index < -0.39 is 5.92 Å². The molecular formula is C24H24N2O6S. The molecule has 172 valence electrons. The Labute approximate surface area is 196 Å². The van der Waals surface area contributed by atoms with Gasteiger partial charge in [0.2, 0.25) is 5.75 Å². The Morgan fingerprint density at radius 1 is 0.939 bits per heavy atom. The van der Waals surface area contributed by atoms with Gasteiger partial charge in [0.05, 0.1) is 47.3 Å². The minimum absolute atomic E-state index is 0.0141. The Morgan fingerprint density at radius 3 is 2.12 bits per heavy atom. The van der Waals surface area contributed by atoms with Gasteiger partial charge in [-0.2, -0.15) is 5.26 Å². The molecule has 33 heavy (non-hydrogen) atoms. The number of thiazole rings is 1. The normalized spacial score (nSPS) is 11.3. The van der Waals surface area contributed by atoms with Crippen molar-refractivity contribution in [1.82, 2.24) is 4.98 Å². The summed E-state index contributed by atoms with van der Waals surface area (Å²) in [6.07, 6.45) is 0.0141. The summed E-state index contributed by atoms with van der Waals surface area (Å²) in [5, 5.41) is 12.0. The zero-order chi connectivity index (χ0) is 24.0. The molecule has 0 saturated heterocycles. The minimum atomic E-state index is -0.997. The number of nitrogens with zero attached hydrogens (tertiary/aromatic N) is 2. The van der Waals surface area contributed by atoms with Gasteiger partial charge in [-0.25, -0.2) is 4.98 Å². The maximum Gasteiger partial charge on any atom is 0.203 e. The minimum Gasteiger partial charge on any atom is -0.493 e. The van der Waals surface area contributed by atoms with Gasteiger partial charge < -0.3 is 23.7 Å². The highest BCUT2D eigenvalue weighted by Crippen LogP contribution is 2.39. The molecule has 0 aliphatic carbocycles. The van der Waals surface area contributed by atoms with Crippen LogP contribution in [0.3, 0.4) is 0 Å². The van der Waals surface area contributed by atoms with E-state index in [1.165, 1.54) is 32.7 Å². The second-order valence-corrected chi connectivity index (χ2v) is 7.77. The van der Waals surface area contributed by atoms with Crippen LogP contribution in [-0.2, 0) is 11.2 Å². The topological polar surface area (TPSA) is 99.9 Å². The molecule has 3 aromatic rings. The van der Waals surface area contributed by atoms with Gasteiger partial charge in [0, 0.05) is 17.4 Å². The number of hydrogen-bond donors (Lipinski definition) is 0. The monoisotopic (exact) mass is 468 g/mol. The van der Waals surface area contributed by atoms with Crippen LogP contribution in [0.1, 0.15) is 16.5 Å². The molecule has 0 spiro atoms. The van der Waals surface area contributed by atoms with Crippen molar-refractivity contribution >= 4 is 17.1 Å². The fourth-order valence-electron chi connectivity index (χ4n) is 3.35. The number of benzene rings is 2. The van der Waals surface area contributed by atoms with E-state index in [4.69, 9.17) is 23.7 Å². The number of nitriles is 1. The van der Waals surface area contributed by atoms with E-state index in [1.54, 1.807) is 38.5 Å². The molecule has 0 N–H and O–H groups in total. The first-order valence-electron chi connectivity index (χ1n) is 9.88. The number of ketones is 1. The molecule has 1 aromatic heterocycles. The van der Waals surface area contributed by atoms with Crippen LogP contribution in [0, 0.1) is 11.3 Å². The summed E-state index contributed by atoms with van der Waals surface area (Å²) >= 11 is 1.26. The average molecular weight is 469 g/mol. The van der Waals surface area contributed by atoms with Crippen molar-refractivity contribution in [2.75, 3.05) is 35.5 Å². The van der Waals surface area contributed by atoms with Crippen molar-refractivity contribution < 1.29 is 28.5 Å². The lowest BCUT2D eigenvalue weighted by molar-refractivity contribution is -0.118. The summed E-state index contributed by atoms with van der Waals surface area (Å²) in [6, 6.07) is 10.9.